The predicted octanol–water partition coefficient (Wildman–Crippen LogP) is 15.7. The van der Waals surface area contributed by atoms with Crippen LogP contribution in [0.2, 0.25) is 0 Å². The maximum absolute atomic E-state index is 12.5. The summed E-state index contributed by atoms with van der Waals surface area (Å²) >= 11 is 0. The van der Waals surface area contributed by atoms with Crippen molar-refractivity contribution in [2.45, 2.75) is 278 Å². The van der Waals surface area contributed by atoms with Gasteiger partial charge >= 0.3 is 19.8 Å². The van der Waals surface area contributed by atoms with Crippen LogP contribution in [-0.2, 0) is 28.2 Å². The molecule has 0 rings (SSSR count). The molecule has 58 heavy (non-hydrogen) atoms. The second-order valence-electron chi connectivity index (χ2n) is 18.5. The van der Waals surface area contributed by atoms with E-state index in [2.05, 4.69) is 32.2 Å². The molecular weight excluding hydrogens is 748 g/mol. The zero-order chi connectivity index (χ0) is 42.8. The number of hydrogen-bond donors (Lipinski definition) is 2. The fourth-order valence-corrected chi connectivity index (χ4v) is 8.11. The van der Waals surface area contributed by atoms with Crippen molar-refractivity contribution in [3.8, 4) is 0 Å². The van der Waals surface area contributed by atoms with Gasteiger partial charge in [0.2, 0.25) is 0 Å². The Labute approximate surface area is 359 Å². The van der Waals surface area contributed by atoms with Crippen molar-refractivity contribution in [2.24, 2.45) is 11.8 Å². The molecule has 0 aliphatic carbocycles. The quantitative estimate of drug-likeness (QED) is 0.0353. The van der Waals surface area contributed by atoms with E-state index in [1.807, 2.05) is 0 Å². The molecule has 0 radical (unpaired) electrons. The molecule has 0 aliphatic rings. The van der Waals surface area contributed by atoms with Crippen molar-refractivity contribution in [1.29, 1.82) is 0 Å². The van der Waals surface area contributed by atoms with Gasteiger partial charge in [-0.25, -0.2) is 4.57 Å². The fraction of sp³-hybridized carbons (Fsp3) is 0.959. The molecule has 0 aromatic heterocycles. The highest BCUT2D eigenvalue weighted by atomic mass is 31.2. The molecule has 0 bridgehead atoms. The molecule has 0 heterocycles. The average Bonchev–Trinajstić information content (AvgIpc) is 3.17. The van der Waals surface area contributed by atoms with Crippen LogP contribution < -0.4 is 0 Å². The minimum Gasteiger partial charge on any atom is -0.462 e. The van der Waals surface area contributed by atoms with Gasteiger partial charge in [0.1, 0.15) is 6.61 Å². The SMILES string of the molecule is CC(C)CCCCCCCCCCCCCCCCCCCCC(=O)O[C@H](COC(=O)CCCCCCCCCCCCCCCCCCC(C)C)COP(=O)(O)O. The first-order valence-corrected chi connectivity index (χ1v) is 26.6. The van der Waals surface area contributed by atoms with Crippen LogP contribution >= 0.6 is 7.82 Å². The molecule has 0 unspecified atom stereocenters. The van der Waals surface area contributed by atoms with E-state index in [0.717, 1.165) is 43.9 Å². The topological polar surface area (TPSA) is 119 Å². The molecule has 0 spiro atoms. The molecule has 2 N–H and O–H groups in total. The van der Waals surface area contributed by atoms with Gasteiger partial charge in [-0.05, 0) is 24.7 Å². The van der Waals surface area contributed by atoms with Crippen LogP contribution in [0.3, 0.4) is 0 Å². The third-order valence-electron chi connectivity index (χ3n) is 11.5. The summed E-state index contributed by atoms with van der Waals surface area (Å²) in [6, 6.07) is 0. The van der Waals surface area contributed by atoms with E-state index >= 15 is 0 Å². The Bertz CT molecular complexity index is 936. The van der Waals surface area contributed by atoms with Crippen LogP contribution in [-0.4, -0.2) is 41.0 Å². The fourth-order valence-electron chi connectivity index (χ4n) is 7.75. The number of carbonyl (C=O) groups excluding carboxylic acids is 2. The lowest BCUT2D eigenvalue weighted by Crippen LogP contribution is -2.29. The maximum Gasteiger partial charge on any atom is 0.469 e. The van der Waals surface area contributed by atoms with Crippen LogP contribution in [0.1, 0.15) is 272 Å². The van der Waals surface area contributed by atoms with E-state index in [4.69, 9.17) is 19.3 Å². The predicted molar refractivity (Wildman–Crippen MR) is 244 cm³/mol. The van der Waals surface area contributed by atoms with Gasteiger partial charge in [-0.2, -0.15) is 0 Å². The van der Waals surface area contributed by atoms with Gasteiger partial charge in [0.05, 0.1) is 6.61 Å². The molecule has 9 heteroatoms. The molecule has 0 amide bonds. The first kappa shape index (κ1) is 57.1. The molecule has 0 aromatic carbocycles. The van der Waals surface area contributed by atoms with Gasteiger partial charge in [0, 0.05) is 12.8 Å². The third kappa shape index (κ3) is 47.7. The van der Waals surface area contributed by atoms with Crippen LogP contribution in [0.4, 0.5) is 0 Å². The number of unbranched alkanes of at least 4 members (excludes halogenated alkanes) is 32. The van der Waals surface area contributed by atoms with E-state index in [-0.39, 0.29) is 19.4 Å². The van der Waals surface area contributed by atoms with E-state index in [0.29, 0.717) is 6.42 Å². The number of carbonyl (C=O) groups is 2. The first-order valence-electron chi connectivity index (χ1n) is 25.0. The summed E-state index contributed by atoms with van der Waals surface area (Å²) in [5, 5.41) is 0. The summed E-state index contributed by atoms with van der Waals surface area (Å²) in [7, 11) is -4.75. The first-order chi connectivity index (χ1) is 28.0. The van der Waals surface area contributed by atoms with Gasteiger partial charge in [0.15, 0.2) is 6.10 Å². The molecule has 8 nitrogen and oxygen atoms in total. The van der Waals surface area contributed by atoms with Crippen molar-refractivity contribution in [1.82, 2.24) is 0 Å². The van der Waals surface area contributed by atoms with Crippen molar-refractivity contribution in [3.05, 3.63) is 0 Å². The second-order valence-corrected chi connectivity index (χ2v) is 19.7. The van der Waals surface area contributed by atoms with Gasteiger partial charge in [-0.15, -0.1) is 0 Å². The molecular formula is C49H97O8P. The van der Waals surface area contributed by atoms with Crippen molar-refractivity contribution < 1.29 is 37.9 Å². The molecule has 1 atom stereocenters. The minimum absolute atomic E-state index is 0.220. The van der Waals surface area contributed by atoms with Crippen LogP contribution in [0.15, 0.2) is 0 Å². The largest absolute Gasteiger partial charge is 0.469 e. The van der Waals surface area contributed by atoms with Crippen molar-refractivity contribution in [3.63, 3.8) is 0 Å². The number of rotatable bonds is 46. The summed E-state index contributed by atoms with van der Waals surface area (Å²) in [6.45, 7) is 8.46. The Morgan fingerprint density at radius 1 is 0.397 bits per heavy atom. The highest BCUT2D eigenvalue weighted by Gasteiger charge is 2.23. The summed E-state index contributed by atoms with van der Waals surface area (Å²) in [5.74, 6) is 0.828. The van der Waals surface area contributed by atoms with Crippen LogP contribution in [0.5, 0.6) is 0 Å². The zero-order valence-electron chi connectivity index (χ0n) is 38.8. The molecule has 0 aromatic rings. The Morgan fingerprint density at radius 3 is 0.931 bits per heavy atom. The zero-order valence-corrected chi connectivity index (χ0v) is 39.7. The van der Waals surface area contributed by atoms with E-state index < -0.39 is 32.5 Å². The van der Waals surface area contributed by atoms with Crippen molar-refractivity contribution >= 4 is 19.8 Å². The Balaban J connectivity index is 3.77. The smallest absolute Gasteiger partial charge is 0.462 e. The molecule has 0 saturated carbocycles. The minimum atomic E-state index is -4.75. The van der Waals surface area contributed by atoms with Gasteiger partial charge in [-0.1, -0.05) is 246 Å². The van der Waals surface area contributed by atoms with Gasteiger partial charge in [-0.3, -0.25) is 14.1 Å². The monoisotopic (exact) mass is 845 g/mol. The van der Waals surface area contributed by atoms with Crippen molar-refractivity contribution in [2.75, 3.05) is 13.2 Å². The number of ether oxygens (including phenoxy) is 2. The van der Waals surface area contributed by atoms with Crippen LogP contribution in [0, 0.1) is 11.8 Å². The van der Waals surface area contributed by atoms with E-state index in [1.165, 1.54) is 193 Å². The Kier molecular flexibility index (Phi) is 42.0. The standard InChI is InChI=1S/C49H97O8P/c1-45(2)39-35-31-27-23-19-15-11-7-5-6-8-14-18-22-26-30-34-38-42-49(51)57-47(44-56-58(52,53)54)43-55-48(50)41-37-33-29-25-21-17-13-10-9-12-16-20-24-28-32-36-40-46(3)4/h45-47H,5-44H2,1-4H3,(H2,52,53,54)/t47-/m1/s1. The average molecular weight is 845 g/mol. The van der Waals surface area contributed by atoms with E-state index in [1.54, 1.807) is 0 Å². The second kappa shape index (κ2) is 42.7. The Hall–Kier alpha value is -0.950. The molecule has 0 fully saturated rings. The summed E-state index contributed by atoms with van der Waals surface area (Å²) in [6.07, 6.45) is 45.5. The lowest BCUT2D eigenvalue weighted by Gasteiger charge is -2.18. The molecule has 0 aliphatic heterocycles. The number of hydrogen-bond acceptors (Lipinski definition) is 6. The van der Waals surface area contributed by atoms with E-state index in [9.17, 15) is 14.2 Å². The summed E-state index contributed by atoms with van der Waals surface area (Å²) < 4.78 is 26.5. The highest BCUT2D eigenvalue weighted by molar-refractivity contribution is 7.46. The highest BCUT2D eigenvalue weighted by Crippen LogP contribution is 2.36. The normalized spacial score (nSPS) is 12.5. The van der Waals surface area contributed by atoms with Gasteiger partial charge < -0.3 is 19.3 Å². The molecule has 346 valence electrons. The Morgan fingerprint density at radius 2 is 0.655 bits per heavy atom. The lowest BCUT2D eigenvalue weighted by atomic mass is 10.0. The number of esters is 2. The summed E-state index contributed by atoms with van der Waals surface area (Å²) in [4.78, 5) is 43.1. The van der Waals surface area contributed by atoms with Crippen LogP contribution in [0.25, 0.3) is 0 Å². The summed E-state index contributed by atoms with van der Waals surface area (Å²) in [5.41, 5.74) is 0. The number of phosphoric ester groups is 1. The number of phosphoric acid groups is 1. The molecule has 0 saturated heterocycles. The maximum atomic E-state index is 12.5. The lowest BCUT2D eigenvalue weighted by molar-refractivity contribution is -0.161. The third-order valence-corrected chi connectivity index (χ3v) is 12.0. The van der Waals surface area contributed by atoms with Gasteiger partial charge in [0.25, 0.3) is 0 Å².